The van der Waals surface area contributed by atoms with Crippen molar-refractivity contribution in [1.29, 1.82) is 0 Å². The van der Waals surface area contributed by atoms with E-state index in [-0.39, 0.29) is 17.1 Å². The van der Waals surface area contributed by atoms with E-state index in [0.717, 1.165) is 0 Å². The van der Waals surface area contributed by atoms with Crippen molar-refractivity contribution in [1.82, 2.24) is 0 Å². The van der Waals surface area contributed by atoms with E-state index in [1.54, 1.807) is 24.3 Å². The van der Waals surface area contributed by atoms with E-state index in [9.17, 15) is 14.3 Å². The SMILES string of the molecule is CC(C)(CCS(=O)c1ccc(Cl)cc1)[N+](=O)[O-]. The normalized spacial score (nSPS) is 13.4. The first-order valence-electron chi connectivity index (χ1n) is 5.11. The molecule has 0 saturated carbocycles. The van der Waals surface area contributed by atoms with Crippen LogP contribution in [0, 0.1) is 10.1 Å². The molecule has 1 aromatic rings. The van der Waals surface area contributed by atoms with Crippen molar-refractivity contribution in [3.63, 3.8) is 0 Å². The van der Waals surface area contributed by atoms with Crippen LogP contribution in [0.5, 0.6) is 0 Å². The average molecular weight is 276 g/mol. The van der Waals surface area contributed by atoms with Crippen molar-refractivity contribution < 1.29 is 9.13 Å². The fourth-order valence-corrected chi connectivity index (χ4v) is 2.62. The second-order valence-electron chi connectivity index (χ2n) is 4.32. The number of hydrogen-bond acceptors (Lipinski definition) is 3. The highest BCUT2D eigenvalue weighted by Crippen LogP contribution is 2.17. The van der Waals surface area contributed by atoms with Crippen molar-refractivity contribution in [2.45, 2.75) is 30.7 Å². The third-order valence-corrected chi connectivity index (χ3v) is 4.09. The molecule has 1 atom stereocenters. The van der Waals surface area contributed by atoms with E-state index in [0.29, 0.717) is 9.92 Å². The van der Waals surface area contributed by atoms with Crippen LogP contribution in [-0.2, 0) is 10.8 Å². The molecular weight excluding hydrogens is 262 g/mol. The van der Waals surface area contributed by atoms with Gasteiger partial charge in [0.1, 0.15) is 0 Å². The predicted octanol–water partition coefficient (Wildman–Crippen LogP) is 2.89. The Balaban J connectivity index is 2.62. The summed E-state index contributed by atoms with van der Waals surface area (Å²) in [7, 11) is -1.22. The Kier molecular flexibility index (Phi) is 4.65. The highest BCUT2D eigenvalue weighted by atomic mass is 35.5. The van der Waals surface area contributed by atoms with Crippen molar-refractivity contribution >= 4 is 22.4 Å². The molecule has 1 aromatic carbocycles. The van der Waals surface area contributed by atoms with Crippen LogP contribution < -0.4 is 0 Å². The van der Waals surface area contributed by atoms with Crippen LogP contribution in [0.1, 0.15) is 20.3 Å². The van der Waals surface area contributed by atoms with E-state index in [2.05, 4.69) is 0 Å². The van der Waals surface area contributed by atoms with Crippen molar-refractivity contribution in [2.24, 2.45) is 0 Å². The molecule has 17 heavy (non-hydrogen) atoms. The minimum absolute atomic E-state index is 0.273. The quantitative estimate of drug-likeness (QED) is 0.613. The van der Waals surface area contributed by atoms with Crippen LogP contribution in [-0.4, -0.2) is 20.4 Å². The van der Waals surface area contributed by atoms with E-state index < -0.39 is 16.3 Å². The molecule has 0 heterocycles. The maximum absolute atomic E-state index is 11.9. The summed E-state index contributed by atoms with van der Waals surface area (Å²) in [6.07, 6.45) is 0.273. The van der Waals surface area contributed by atoms with Gasteiger partial charge in [0.2, 0.25) is 5.54 Å². The Labute approximate surface area is 108 Å². The highest BCUT2D eigenvalue weighted by molar-refractivity contribution is 7.85. The fraction of sp³-hybridized carbons (Fsp3) is 0.455. The molecule has 1 unspecified atom stereocenters. The number of rotatable bonds is 5. The minimum atomic E-state index is -1.22. The third kappa shape index (κ3) is 4.09. The van der Waals surface area contributed by atoms with E-state index >= 15 is 0 Å². The Morgan fingerprint density at radius 1 is 1.35 bits per heavy atom. The van der Waals surface area contributed by atoms with Crippen LogP contribution in [0.15, 0.2) is 29.2 Å². The highest BCUT2D eigenvalue weighted by Gasteiger charge is 2.30. The first kappa shape index (κ1) is 14.1. The van der Waals surface area contributed by atoms with Gasteiger partial charge in [0.05, 0.1) is 10.8 Å². The molecule has 0 aliphatic rings. The van der Waals surface area contributed by atoms with Gasteiger partial charge in [-0.15, -0.1) is 0 Å². The maximum Gasteiger partial charge on any atom is 0.217 e. The van der Waals surface area contributed by atoms with Crippen LogP contribution >= 0.6 is 11.6 Å². The number of benzene rings is 1. The zero-order valence-electron chi connectivity index (χ0n) is 9.68. The van der Waals surface area contributed by atoms with Crippen LogP contribution in [0.4, 0.5) is 0 Å². The molecule has 6 heteroatoms. The molecule has 0 spiro atoms. The van der Waals surface area contributed by atoms with Gasteiger partial charge in [-0.25, -0.2) is 0 Å². The Morgan fingerprint density at radius 2 is 1.88 bits per heavy atom. The van der Waals surface area contributed by atoms with E-state index in [4.69, 9.17) is 11.6 Å². The lowest BCUT2D eigenvalue weighted by molar-refractivity contribution is -0.560. The first-order chi connectivity index (χ1) is 7.83. The van der Waals surface area contributed by atoms with Crippen molar-refractivity contribution in [3.05, 3.63) is 39.4 Å². The molecule has 0 fully saturated rings. The standard InChI is InChI=1S/C11H14ClNO3S/c1-11(2,13(14)15)7-8-17(16)10-5-3-9(12)4-6-10/h3-6H,7-8H2,1-2H3. The third-order valence-electron chi connectivity index (χ3n) is 2.47. The summed E-state index contributed by atoms with van der Waals surface area (Å²) >= 11 is 5.72. The second-order valence-corrected chi connectivity index (χ2v) is 6.33. The topological polar surface area (TPSA) is 60.2 Å². The van der Waals surface area contributed by atoms with Gasteiger partial charge in [-0.1, -0.05) is 11.6 Å². The van der Waals surface area contributed by atoms with Crippen LogP contribution in [0.2, 0.25) is 5.02 Å². The van der Waals surface area contributed by atoms with Gasteiger partial charge >= 0.3 is 0 Å². The van der Waals surface area contributed by atoms with Crippen molar-refractivity contribution in [2.75, 3.05) is 5.75 Å². The Bertz CT molecular complexity index is 431. The predicted molar refractivity (Wildman–Crippen MR) is 68.4 cm³/mol. The minimum Gasteiger partial charge on any atom is -0.264 e. The summed E-state index contributed by atoms with van der Waals surface area (Å²) in [6.45, 7) is 3.07. The van der Waals surface area contributed by atoms with Gasteiger partial charge in [0, 0.05) is 40.9 Å². The molecule has 1 rings (SSSR count). The molecule has 0 radical (unpaired) electrons. The monoisotopic (exact) mass is 275 g/mol. The largest absolute Gasteiger partial charge is 0.264 e. The number of nitro groups is 1. The van der Waals surface area contributed by atoms with Gasteiger partial charge in [-0.3, -0.25) is 14.3 Å². The summed E-state index contributed by atoms with van der Waals surface area (Å²) in [6, 6.07) is 6.68. The van der Waals surface area contributed by atoms with Crippen LogP contribution in [0.3, 0.4) is 0 Å². The molecule has 0 amide bonds. The van der Waals surface area contributed by atoms with Gasteiger partial charge < -0.3 is 0 Å². The summed E-state index contributed by atoms with van der Waals surface area (Å²) < 4.78 is 11.9. The molecule has 0 N–H and O–H groups in total. The van der Waals surface area contributed by atoms with E-state index in [1.165, 1.54) is 13.8 Å². The molecule has 0 aliphatic heterocycles. The second kappa shape index (κ2) is 5.60. The zero-order valence-corrected chi connectivity index (χ0v) is 11.3. The summed E-state index contributed by atoms with van der Waals surface area (Å²) in [5.41, 5.74) is -1.04. The number of hydrogen-bond donors (Lipinski definition) is 0. The molecule has 0 aliphatic carbocycles. The maximum atomic E-state index is 11.9. The summed E-state index contributed by atoms with van der Waals surface area (Å²) in [4.78, 5) is 11.0. The lowest BCUT2D eigenvalue weighted by atomic mass is 10.0. The first-order valence-corrected chi connectivity index (χ1v) is 6.81. The molecule has 4 nitrogen and oxygen atoms in total. The molecule has 0 saturated heterocycles. The summed E-state index contributed by atoms with van der Waals surface area (Å²) in [5, 5.41) is 11.3. The fourth-order valence-electron chi connectivity index (χ4n) is 1.14. The molecular formula is C11H14ClNO3S. The smallest absolute Gasteiger partial charge is 0.217 e. The lowest BCUT2D eigenvalue weighted by Gasteiger charge is -2.14. The van der Waals surface area contributed by atoms with Crippen LogP contribution in [0.25, 0.3) is 0 Å². The van der Waals surface area contributed by atoms with Gasteiger partial charge in [-0.2, -0.15) is 0 Å². The number of halogens is 1. The molecule has 0 aromatic heterocycles. The Hall–Kier alpha value is -0.940. The average Bonchev–Trinajstić information content (AvgIpc) is 2.27. The van der Waals surface area contributed by atoms with Gasteiger partial charge in [0.25, 0.3) is 0 Å². The van der Waals surface area contributed by atoms with Gasteiger partial charge in [0.15, 0.2) is 0 Å². The number of nitrogens with zero attached hydrogens (tertiary/aromatic N) is 1. The molecule has 0 bridgehead atoms. The van der Waals surface area contributed by atoms with Crippen molar-refractivity contribution in [3.8, 4) is 0 Å². The van der Waals surface area contributed by atoms with Gasteiger partial charge in [-0.05, 0) is 24.3 Å². The lowest BCUT2D eigenvalue weighted by Crippen LogP contribution is -2.32. The zero-order chi connectivity index (χ0) is 13.1. The summed E-state index contributed by atoms with van der Waals surface area (Å²) in [5.74, 6) is 0.273. The molecule has 94 valence electrons. The van der Waals surface area contributed by atoms with E-state index in [1.807, 2.05) is 0 Å². The Morgan fingerprint density at radius 3 is 2.35 bits per heavy atom.